The molecule has 0 atom stereocenters. The Kier molecular flexibility index (Phi) is 7.32. The number of anilines is 1. The lowest BCUT2D eigenvalue weighted by Crippen LogP contribution is -2.35. The summed E-state index contributed by atoms with van der Waals surface area (Å²) >= 11 is 1.40. The summed E-state index contributed by atoms with van der Waals surface area (Å²) in [5, 5.41) is 11.8. The number of hydrogen-bond donors (Lipinski definition) is 2. The Morgan fingerprint density at radius 1 is 1.18 bits per heavy atom. The van der Waals surface area contributed by atoms with E-state index >= 15 is 0 Å². The summed E-state index contributed by atoms with van der Waals surface area (Å²) in [7, 11) is -3.72. The lowest BCUT2D eigenvalue weighted by atomic mass is 10.2. The number of rotatable bonds is 8. The van der Waals surface area contributed by atoms with Gasteiger partial charge in [0.1, 0.15) is 0 Å². The number of carbonyl (C=O) groups is 1. The fourth-order valence-corrected chi connectivity index (χ4v) is 5.37. The summed E-state index contributed by atoms with van der Waals surface area (Å²) in [4.78, 5) is 19.5. The number of nitrogens with one attached hydrogen (secondary N) is 2. The maximum absolute atomic E-state index is 12.6. The minimum absolute atomic E-state index is 0.0322. The van der Waals surface area contributed by atoms with Gasteiger partial charge in [-0.1, -0.05) is 17.4 Å². The number of carbonyl (C=O) groups excluding carboxylic acids is 1. The van der Waals surface area contributed by atoms with Crippen molar-refractivity contribution in [1.29, 1.82) is 5.26 Å². The number of sulfonamides is 1. The normalized spacial score (nSPS) is 14.8. The first-order valence-electron chi connectivity index (χ1n) is 10.4. The Balaban J connectivity index is 1.41. The molecule has 0 bridgehead atoms. The molecule has 1 fully saturated rings. The standard InChI is InChI=1S/C22H23N5O4S2/c23-8-1-9-24-33(29,30)18-5-3-17(4-6-18)21(28)26-22-25-19-7-2-16(14-20(19)32-22)15-27-10-12-31-13-11-27/h2-7,14,24H,1,9-13,15H2,(H,25,26,28). The molecule has 0 spiro atoms. The van der Waals surface area contributed by atoms with E-state index in [2.05, 4.69) is 26.0 Å². The zero-order valence-electron chi connectivity index (χ0n) is 17.8. The van der Waals surface area contributed by atoms with E-state index in [1.807, 2.05) is 18.2 Å². The van der Waals surface area contributed by atoms with Crippen LogP contribution in [0.4, 0.5) is 5.13 Å². The summed E-state index contributed by atoms with van der Waals surface area (Å²) in [5.41, 5.74) is 2.32. The second kappa shape index (κ2) is 10.4. The first kappa shape index (κ1) is 23.3. The molecule has 3 aromatic rings. The zero-order valence-corrected chi connectivity index (χ0v) is 19.4. The van der Waals surface area contributed by atoms with Crippen molar-refractivity contribution in [2.45, 2.75) is 17.9 Å². The summed E-state index contributed by atoms with van der Waals surface area (Å²) < 4.78 is 33.1. The molecule has 0 unspecified atom stereocenters. The van der Waals surface area contributed by atoms with Crippen molar-refractivity contribution < 1.29 is 17.9 Å². The third-order valence-electron chi connectivity index (χ3n) is 5.14. The molecule has 172 valence electrons. The number of amides is 1. The minimum atomic E-state index is -3.72. The van der Waals surface area contributed by atoms with Gasteiger partial charge >= 0.3 is 0 Å². The first-order valence-corrected chi connectivity index (χ1v) is 12.7. The van der Waals surface area contributed by atoms with E-state index in [1.54, 1.807) is 0 Å². The highest BCUT2D eigenvalue weighted by Gasteiger charge is 2.16. The number of benzene rings is 2. The molecule has 33 heavy (non-hydrogen) atoms. The van der Waals surface area contributed by atoms with Crippen molar-refractivity contribution in [3.63, 3.8) is 0 Å². The number of aromatic nitrogens is 1. The van der Waals surface area contributed by atoms with Gasteiger partial charge in [-0.15, -0.1) is 0 Å². The van der Waals surface area contributed by atoms with Gasteiger partial charge in [-0.25, -0.2) is 18.1 Å². The SMILES string of the molecule is N#CCCNS(=O)(=O)c1ccc(C(=O)Nc2nc3ccc(CN4CCOCC4)cc3s2)cc1. The molecule has 0 aliphatic carbocycles. The summed E-state index contributed by atoms with van der Waals surface area (Å²) in [5.74, 6) is -0.371. The minimum Gasteiger partial charge on any atom is -0.379 e. The topological polar surface area (TPSA) is 124 Å². The molecule has 1 amide bonds. The van der Waals surface area contributed by atoms with Crippen LogP contribution in [0.1, 0.15) is 22.3 Å². The molecule has 2 heterocycles. The van der Waals surface area contributed by atoms with E-state index in [1.165, 1.54) is 41.2 Å². The van der Waals surface area contributed by atoms with Gasteiger partial charge in [-0.3, -0.25) is 15.0 Å². The number of morpholine rings is 1. The first-order chi connectivity index (χ1) is 15.9. The van der Waals surface area contributed by atoms with Crippen LogP contribution in [0.5, 0.6) is 0 Å². The molecule has 1 aromatic heterocycles. The predicted octanol–water partition coefficient (Wildman–Crippen LogP) is 2.57. The van der Waals surface area contributed by atoms with Gasteiger partial charge in [0.2, 0.25) is 10.0 Å². The molecule has 2 N–H and O–H groups in total. The highest BCUT2D eigenvalue weighted by Crippen LogP contribution is 2.28. The van der Waals surface area contributed by atoms with Crippen molar-refractivity contribution in [2.75, 3.05) is 38.2 Å². The van der Waals surface area contributed by atoms with Crippen LogP contribution in [0.15, 0.2) is 47.4 Å². The van der Waals surface area contributed by atoms with Crippen molar-refractivity contribution in [3.8, 4) is 6.07 Å². The van der Waals surface area contributed by atoms with Crippen LogP contribution in [0, 0.1) is 11.3 Å². The highest BCUT2D eigenvalue weighted by atomic mass is 32.2. The molecule has 9 nitrogen and oxygen atoms in total. The molecular formula is C22H23N5O4S2. The largest absolute Gasteiger partial charge is 0.379 e. The maximum Gasteiger partial charge on any atom is 0.257 e. The molecule has 1 aliphatic rings. The van der Waals surface area contributed by atoms with E-state index in [0.717, 1.165) is 43.1 Å². The Hall–Kier alpha value is -2.88. The zero-order chi connectivity index (χ0) is 23.3. The van der Waals surface area contributed by atoms with Crippen molar-refractivity contribution in [2.24, 2.45) is 0 Å². The van der Waals surface area contributed by atoms with E-state index in [4.69, 9.17) is 10.00 Å². The van der Waals surface area contributed by atoms with Crippen LogP contribution in [0.25, 0.3) is 10.2 Å². The fraction of sp³-hybridized carbons (Fsp3) is 0.318. The highest BCUT2D eigenvalue weighted by molar-refractivity contribution is 7.89. The fourth-order valence-electron chi connectivity index (χ4n) is 3.42. The average molecular weight is 486 g/mol. The van der Waals surface area contributed by atoms with Crippen molar-refractivity contribution in [1.82, 2.24) is 14.6 Å². The number of fused-ring (bicyclic) bond motifs is 1. The summed E-state index contributed by atoms with van der Waals surface area (Å²) in [6.07, 6.45) is 0.0800. The lowest BCUT2D eigenvalue weighted by Gasteiger charge is -2.26. The molecule has 0 saturated carbocycles. The lowest BCUT2D eigenvalue weighted by molar-refractivity contribution is 0.0342. The van der Waals surface area contributed by atoms with Crippen molar-refractivity contribution >= 4 is 42.6 Å². The quantitative estimate of drug-likeness (QED) is 0.470. The third kappa shape index (κ3) is 5.93. The van der Waals surface area contributed by atoms with Gasteiger partial charge in [0, 0.05) is 38.2 Å². The van der Waals surface area contributed by atoms with Gasteiger partial charge in [-0.05, 0) is 42.0 Å². The average Bonchev–Trinajstić information content (AvgIpc) is 3.21. The predicted molar refractivity (Wildman–Crippen MR) is 126 cm³/mol. The summed E-state index contributed by atoms with van der Waals surface area (Å²) in [6, 6.07) is 13.6. The molecule has 4 rings (SSSR count). The van der Waals surface area contributed by atoms with E-state index in [9.17, 15) is 13.2 Å². The second-order valence-electron chi connectivity index (χ2n) is 7.49. The van der Waals surface area contributed by atoms with E-state index in [-0.39, 0.29) is 23.8 Å². The molecule has 1 aliphatic heterocycles. The van der Waals surface area contributed by atoms with Crippen LogP contribution >= 0.6 is 11.3 Å². The van der Waals surface area contributed by atoms with Gasteiger partial charge in [0.05, 0.1) is 34.4 Å². The number of nitriles is 1. The Bertz CT molecular complexity index is 1280. The van der Waals surface area contributed by atoms with Crippen molar-refractivity contribution in [3.05, 3.63) is 53.6 Å². The Morgan fingerprint density at radius 3 is 2.67 bits per heavy atom. The maximum atomic E-state index is 12.6. The second-order valence-corrected chi connectivity index (χ2v) is 10.3. The molecular weight excluding hydrogens is 462 g/mol. The van der Waals surface area contributed by atoms with Crippen LogP contribution in [0.3, 0.4) is 0 Å². The third-order valence-corrected chi connectivity index (χ3v) is 7.55. The summed E-state index contributed by atoms with van der Waals surface area (Å²) in [6.45, 7) is 4.22. The van der Waals surface area contributed by atoms with Crippen LogP contribution in [-0.2, 0) is 21.3 Å². The smallest absolute Gasteiger partial charge is 0.257 e. The number of nitrogens with zero attached hydrogens (tertiary/aromatic N) is 3. The van der Waals surface area contributed by atoms with Crippen LogP contribution in [-0.4, -0.2) is 57.1 Å². The monoisotopic (exact) mass is 485 g/mol. The molecule has 11 heteroatoms. The molecule has 1 saturated heterocycles. The number of thiazole rings is 1. The van der Waals surface area contributed by atoms with Gasteiger partial charge < -0.3 is 4.74 Å². The molecule has 2 aromatic carbocycles. The molecule has 0 radical (unpaired) electrons. The Labute approximate surface area is 196 Å². The Morgan fingerprint density at radius 2 is 1.94 bits per heavy atom. The van der Waals surface area contributed by atoms with Gasteiger partial charge in [0.25, 0.3) is 5.91 Å². The number of ether oxygens (including phenoxy) is 1. The number of hydrogen-bond acceptors (Lipinski definition) is 8. The van der Waals surface area contributed by atoms with Crippen LogP contribution < -0.4 is 10.0 Å². The van der Waals surface area contributed by atoms with E-state index < -0.39 is 10.0 Å². The van der Waals surface area contributed by atoms with Gasteiger partial charge in [0.15, 0.2) is 5.13 Å². The van der Waals surface area contributed by atoms with E-state index in [0.29, 0.717) is 10.7 Å². The van der Waals surface area contributed by atoms with Crippen LogP contribution in [0.2, 0.25) is 0 Å². The van der Waals surface area contributed by atoms with Gasteiger partial charge in [-0.2, -0.15) is 5.26 Å².